The highest BCUT2D eigenvalue weighted by molar-refractivity contribution is 6.33. The number of rotatable bonds is 4. The van der Waals surface area contributed by atoms with Gasteiger partial charge in [-0.05, 0) is 35.7 Å². The molecule has 0 aliphatic heterocycles. The molecule has 0 spiro atoms. The number of halogens is 1. The molecule has 0 atom stereocenters. The molecule has 2 rings (SSSR count). The Morgan fingerprint density at radius 3 is 2.47 bits per heavy atom. The van der Waals surface area contributed by atoms with Crippen molar-refractivity contribution in [1.29, 1.82) is 0 Å². The number of ether oxygens (including phenoxy) is 1. The number of carbonyl (C=O) groups excluding carboxylic acids is 1. The van der Waals surface area contributed by atoms with Crippen molar-refractivity contribution in [3.63, 3.8) is 0 Å². The van der Waals surface area contributed by atoms with Gasteiger partial charge in [-0.3, -0.25) is 4.79 Å². The average molecular weight is 275 g/mol. The Hall–Kier alpha value is -1.80. The van der Waals surface area contributed by atoms with Gasteiger partial charge in [-0.25, -0.2) is 0 Å². The van der Waals surface area contributed by atoms with E-state index in [1.54, 1.807) is 18.2 Å². The zero-order chi connectivity index (χ0) is 13.8. The van der Waals surface area contributed by atoms with E-state index in [0.717, 1.165) is 12.0 Å². The van der Waals surface area contributed by atoms with E-state index in [1.165, 1.54) is 5.56 Å². The molecule has 0 bridgehead atoms. The number of carbonyl (C=O) groups is 1. The lowest BCUT2D eigenvalue weighted by Crippen LogP contribution is -1.90. The molecule has 0 amide bonds. The Kier molecular flexibility index (Phi) is 4.23. The largest absolute Gasteiger partial charge is 0.457 e. The van der Waals surface area contributed by atoms with Crippen molar-refractivity contribution >= 4 is 17.9 Å². The van der Waals surface area contributed by atoms with Gasteiger partial charge in [0.2, 0.25) is 0 Å². The number of benzene rings is 2. The lowest BCUT2D eigenvalue weighted by atomic mass is 10.0. The molecule has 98 valence electrons. The van der Waals surface area contributed by atoms with Gasteiger partial charge in [0.15, 0.2) is 6.29 Å². The minimum atomic E-state index is 0.396. The Balaban J connectivity index is 2.23. The van der Waals surface area contributed by atoms with Crippen LogP contribution in [0.25, 0.3) is 0 Å². The molecule has 0 heterocycles. The van der Waals surface area contributed by atoms with Gasteiger partial charge >= 0.3 is 0 Å². The van der Waals surface area contributed by atoms with E-state index in [9.17, 15) is 4.79 Å². The number of hydrogen-bond acceptors (Lipinski definition) is 2. The summed E-state index contributed by atoms with van der Waals surface area (Å²) in [5, 5.41) is 0.396. The van der Waals surface area contributed by atoms with Crippen LogP contribution < -0.4 is 4.74 Å². The molecule has 2 nitrogen and oxygen atoms in total. The van der Waals surface area contributed by atoms with Crippen molar-refractivity contribution < 1.29 is 9.53 Å². The summed E-state index contributed by atoms with van der Waals surface area (Å²) in [7, 11) is 0. The van der Waals surface area contributed by atoms with Crippen molar-refractivity contribution in [3.8, 4) is 11.5 Å². The third kappa shape index (κ3) is 3.36. The van der Waals surface area contributed by atoms with E-state index < -0.39 is 0 Å². The minimum absolute atomic E-state index is 0.396. The molecule has 2 aromatic rings. The van der Waals surface area contributed by atoms with Crippen LogP contribution >= 0.6 is 11.6 Å². The van der Waals surface area contributed by atoms with Gasteiger partial charge in [-0.15, -0.1) is 0 Å². The SMILES string of the molecule is CC(C)c1cccc(Oc2ccc(C=O)c(Cl)c2)c1. The second-order valence-corrected chi connectivity index (χ2v) is 5.04. The van der Waals surface area contributed by atoms with Crippen LogP contribution in [0.15, 0.2) is 42.5 Å². The Morgan fingerprint density at radius 1 is 1.11 bits per heavy atom. The van der Waals surface area contributed by atoms with Gasteiger partial charge in [-0.1, -0.05) is 37.6 Å². The van der Waals surface area contributed by atoms with E-state index in [4.69, 9.17) is 16.3 Å². The molecule has 0 aromatic heterocycles. The second kappa shape index (κ2) is 5.89. The highest BCUT2D eigenvalue weighted by Gasteiger charge is 2.05. The van der Waals surface area contributed by atoms with Crippen LogP contribution in [0.1, 0.15) is 35.7 Å². The summed E-state index contributed by atoms with van der Waals surface area (Å²) in [6, 6.07) is 13.0. The van der Waals surface area contributed by atoms with Crippen LogP contribution in [0.4, 0.5) is 0 Å². The van der Waals surface area contributed by atoms with Crippen LogP contribution in [0, 0.1) is 0 Å². The third-order valence-corrected chi connectivity index (χ3v) is 3.19. The maximum Gasteiger partial charge on any atom is 0.151 e. The van der Waals surface area contributed by atoms with Crippen LogP contribution in [0.2, 0.25) is 5.02 Å². The Bertz CT molecular complexity index is 591. The molecule has 0 saturated carbocycles. The van der Waals surface area contributed by atoms with Gasteiger partial charge in [0.05, 0.1) is 5.02 Å². The third-order valence-electron chi connectivity index (χ3n) is 2.86. The zero-order valence-corrected chi connectivity index (χ0v) is 11.6. The molecule has 2 aromatic carbocycles. The molecular formula is C16H15ClO2. The van der Waals surface area contributed by atoms with E-state index in [1.807, 2.05) is 18.2 Å². The first-order valence-corrected chi connectivity index (χ1v) is 6.50. The zero-order valence-electron chi connectivity index (χ0n) is 10.9. The number of aldehydes is 1. The molecule has 0 radical (unpaired) electrons. The summed E-state index contributed by atoms with van der Waals surface area (Å²) in [5.74, 6) is 1.84. The highest BCUT2D eigenvalue weighted by Crippen LogP contribution is 2.28. The first kappa shape index (κ1) is 13.6. The first-order chi connectivity index (χ1) is 9.10. The van der Waals surface area contributed by atoms with E-state index >= 15 is 0 Å². The Labute approximate surface area is 118 Å². The summed E-state index contributed by atoms with van der Waals surface area (Å²) in [4.78, 5) is 10.7. The molecular weight excluding hydrogens is 260 g/mol. The van der Waals surface area contributed by atoms with E-state index in [-0.39, 0.29) is 0 Å². The predicted octanol–water partition coefficient (Wildman–Crippen LogP) is 5.07. The van der Waals surface area contributed by atoms with Gasteiger partial charge in [0.1, 0.15) is 11.5 Å². The second-order valence-electron chi connectivity index (χ2n) is 4.63. The normalized spacial score (nSPS) is 10.5. The highest BCUT2D eigenvalue weighted by atomic mass is 35.5. The predicted molar refractivity (Wildman–Crippen MR) is 77.4 cm³/mol. The molecule has 0 unspecified atom stereocenters. The molecule has 3 heteroatoms. The summed E-state index contributed by atoms with van der Waals surface area (Å²) in [6.07, 6.45) is 0.728. The van der Waals surface area contributed by atoms with Crippen molar-refractivity contribution in [2.45, 2.75) is 19.8 Å². The first-order valence-electron chi connectivity index (χ1n) is 6.12. The van der Waals surface area contributed by atoms with Gasteiger partial charge in [0.25, 0.3) is 0 Å². The lowest BCUT2D eigenvalue weighted by molar-refractivity contribution is 0.112. The van der Waals surface area contributed by atoms with Crippen LogP contribution in [0.3, 0.4) is 0 Å². The number of hydrogen-bond donors (Lipinski definition) is 0. The molecule has 0 fully saturated rings. The molecule has 0 aliphatic carbocycles. The lowest BCUT2D eigenvalue weighted by Gasteiger charge is -2.10. The summed E-state index contributed by atoms with van der Waals surface area (Å²) in [6.45, 7) is 4.27. The van der Waals surface area contributed by atoms with Crippen LogP contribution in [-0.4, -0.2) is 6.29 Å². The van der Waals surface area contributed by atoms with Crippen molar-refractivity contribution in [3.05, 3.63) is 58.6 Å². The maximum absolute atomic E-state index is 10.7. The van der Waals surface area contributed by atoms with Crippen molar-refractivity contribution in [1.82, 2.24) is 0 Å². The fourth-order valence-electron chi connectivity index (χ4n) is 1.74. The summed E-state index contributed by atoms with van der Waals surface area (Å²) >= 11 is 5.97. The quantitative estimate of drug-likeness (QED) is 0.728. The summed E-state index contributed by atoms with van der Waals surface area (Å²) < 4.78 is 5.75. The van der Waals surface area contributed by atoms with E-state index in [0.29, 0.717) is 22.3 Å². The summed E-state index contributed by atoms with van der Waals surface area (Å²) in [5.41, 5.74) is 1.68. The molecule has 0 N–H and O–H groups in total. The van der Waals surface area contributed by atoms with Gasteiger partial charge in [0, 0.05) is 11.6 Å². The van der Waals surface area contributed by atoms with Crippen LogP contribution in [-0.2, 0) is 0 Å². The fraction of sp³-hybridized carbons (Fsp3) is 0.188. The topological polar surface area (TPSA) is 26.3 Å². The maximum atomic E-state index is 10.7. The standard InChI is InChI=1S/C16H15ClO2/c1-11(2)12-4-3-5-14(8-12)19-15-7-6-13(10-18)16(17)9-15/h3-11H,1-2H3. The average Bonchev–Trinajstić information content (AvgIpc) is 2.39. The fourth-order valence-corrected chi connectivity index (χ4v) is 1.96. The molecule has 0 saturated heterocycles. The van der Waals surface area contributed by atoms with Crippen molar-refractivity contribution in [2.24, 2.45) is 0 Å². The van der Waals surface area contributed by atoms with Crippen LogP contribution in [0.5, 0.6) is 11.5 Å². The monoisotopic (exact) mass is 274 g/mol. The van der Waals surface area contributed by atoms with Crippen molar-refractivity contribution in [2.75, 3.05) is 0 Å². The van der Waals surface area contributed by atoms with Gasteiger partial charge in [-0.2, -0.15) is 0 Å². The minimum Gasteiger partial charge on any atom is -0.457 e. The Morgan fingerprint density at radius 2 is 1.84 bits per heavy atom. The van der Waals surface area contributed by atoms with Gasteiger partial charge < -0.3 is 4.74 Å². The molecule has 0 aliphatic rings. The molecule has 19 heavy (non-hydrogen) atoms. The van der Waals surface area contributed by atoms with E-state index in [2.05, 4.69) is 19.9 Å². The smallest absolute Gasteiger partial charge is 0.151 e.